The number of carboxylic acids is 1. The summed E-state index contributed by atoms with van der Waals surface area (Å²) in [5.41, 5.74) is 5.13. The number of pyridine rings is 1. The number of carboxylic acid groups (broad SMARTS) is 1. The van der Waals surface area contributed by atoms with Crippen molar-refractivity contribution in [2.45, 2.75) is 76.6 Å². The number of ether oxygens (including phenoxy) is 2. The predicted molar refractivity (Wildman–Crippen MR) is 166 cm³/mol. The summed E-state index contributed by atoms with van der Waals surface area (Å²) in [7, 11) is 1.50. The Morgan fingerprint density at radius 1 is 1.19 bits per heavy atom. The second-order valence-electron chi connectivity index (χ2n) is 12.7. The van der Waals surface area contributed by atoms with Gasteiger partial charge in [-0.3, -0.25) is 4.79 Å². The van der Waals surface area contributed by atoms with Gasteiger partial charge in [-0.25, -0.2) is 9.37 Å². The molecule has 230 valence electrons. The minimum absolute atomic E-state index is 0.0314. The van der Waals surface area contributed by atoms with Gasteiger partial charge in [0, 0.05) is 29.5 Å². The van der Waals surface area contributed by atoms with Gasteiger partial charge in [0.2, 0.25) is 5.88 Å². The summed E-state index contributed by atoms with van der Waals surface area (Å²) >= 11 is -1.23. The number of fused-ring (bicyclic) bond motifs is 1. The first kappa shape index (κ1) is 31.3. The molecule has 1 aliphatic heterocycles. The van der Waals surface area contributed by atoms with Crippen molar-refractivity contribution in [2.24, 2.45) is 11.8 Å². The number of halogens is 1. The topological polar surface area (TPSA) is 104 Å². The molecule has 9 heteroatoms. The Bertz CT molecular complexity index is 1470. The number of hydrogen-bond donors (Lipinski definition) is 2. The zero-order valence-corrected chi connectivity index (χ0v) is 26.3. The molecule has 2 heterocycles. The summed E-state index contributed by atoms with van der Waals surface area (Å²) in [5, 5.41) is 9.74. The number of carbonyl (C=O) groups is 1. The third-order valence-electron chi connectivity index (χ3n) is 8.49. The minimum atomic E-state index is -1.23. The van der Waals surface area contributed by atoms with Crippen molar-refractivity contribution in [1.29, 1.82) is 0 Å². The summed E-state index contributed by atoms with van der Waals surface area (Å²) in [5.74, 6) is -0.197. The number of benzene rings is 2. The fourth-order valence-corrected chi connectivity index (χ4v) is 6.64. The quantitative estimate of drug-likeness (QED) is 0.232. The van der Waals surface area contributed by atoms with Gasteiger partial charge in [0.25, 0.3) is 0 Å². The molecule has 5 rings (SSSR count). The number of aryl methyl sites for hydroxylation is 1. The third-order valence-corrected chi connectivity index (χ3v) is 10.1. The van der Waals surface area contributed by atoms with E-state index < -0.39 is 33.8 Å². The van der Waals surface area contributed by atoms with Crippen molar-refractivity contribution in [3.63, 3.8) is 0 Å². The first-order valence-corrected chi connectivity index (χ1v) is 16.1. The average molecular weight is 609 g/mol. The van der Waals surface area contributed by atoms with Crippen molar-refractivity contribution in [1.82, 2.24) is 9.71 Å². The molecule has 43 heavy (non-hydrogen) atoms. The average Bonchev–Trinajstić information content (AvgIpc) is 3.82. The van der Waals surface area contributed by atoms with Gasteiger partial charge in [0.15, 0.2) is 0 Å². The van der Waals surface area contributed by atoms with Crippen LogP contribution >= 0.6 is 0 Å². The van der Waals surface area contributed by atoms with Gasteiger partial charge in [-0.2, -0.15) is 0 Å². The maximum atomic E-state index is 15.0. The van der Waals surface area contributed by atoms with Crippen molar-refractivity contribution < 1.29 is 28.3 Å². The number of rotatable bonds is 11. The van der Waals surface area contributed by atoms with Crippen LogP contribution in [0.1, 0.15) is 81.2 Å². The maximum Gasteiger partial charge on any atom is 0.306 e. The lowest BCUT2D eigenvalue weighted by atomic mass is 9.82. The molecular formula is C34H41FN2O5S. The normalized spacial score (nSPS) is 18.7. The van der Waals surface area contributed by atoms with E-state index in [1.807, 2.05) is 39.0 Å². The van der Waals surface area contributed by atoms with Gasteiger partial charge in [-0.05, 0) is 98.6 Å². The summed E-state index contributed by atoms with van der Waals surface area (Å²) < 4.78 is 42.2. The lowest BCUT2D eigenvalue weighted by molar-refractivity contribution is -0.142. The minimum Gasteiger partial charge on any atom is -0.598 e. The van der Waals surface area contributed by atoms with Gasteiger partial charge in [0.05, 0.1) is 19.2 Å². The molecule has 4 atom stereocenters. The number of nitrogens with one attached hydrogen (secondary N) is 1. The molecule has 1 unspecified atom stereocenters. The van der Waals surface area contributed by atoms with Crippen LogP contribution in [0.2, 0.25) is 0 Å². The highest BCUT2D eigenvalue weighted by Crippen LogP contribution is 2.48. The van der Waals surface area contributed by atoms with Gasteiger partial charge in [-0.15, -0.1) is 4.72 Å². The molecule has 1 saturated carbocycles. The molecule has 0 bridgehead atoms. The summed E-state index contributed by atoms with van der Waals surface area (Å²) in [4.78, 5) is 15.9. The van der Waals surface area contributed by atoms with E-state index in [2.05, 4.69) is 27.9 Å². The van der Waals surface area contributed by atoms with E-state index in [0.29, 0.717) is 30.3 Å². The molecule has 0 spiro atoms. The van der Waals surface area contributed by atoms with Crippen LogP contribution in [-0.2, 0) is 29.0 Å². The number of aliphatic carboxylic acids is 1. The van der Waals surface area contributed by atoms with E-state index in [1.165, 1.54) is 7.11 Å². The van der Waals surface area contributed by atoms with Crippen molar-refractivity contribution in [3.05, 3.63) is 76.7 Å². The highest BCUT2D eigenvalue weighted by atomic mass is 32.2. The summed E-state index contributed by atoms with van der Waals surface area (Å²) in [6, 6.07) is 13.7. The molecule has 1 aliphatic carbocycles. The standard InChI is InChI=1S/C34H41FN2O5S/c1-20(33(38)39)32(22-7-8-22)25-9-6-21-11-13-29(42-30(21)17-25)24-10-12-26(27-18-31(41-5)36-19-28(27)35)23(16-24)14-15-37-43(40)34(2,3)4/h6,9-10,12,16-20,22,29,32,37H,7-8,11,13-15H2,1-5H3,(H,38,39)/t20-,29+,32-,43?/m0/s1. The molecule has 0 radical (unpaired) electrons. The maximum absolute atomic E-state index is 15.0. The Morgan fingerprint density at radius 2 is 1.95 bits per heavy atom. The van der Waals surface area contributed by atoms with Crippen molar-refractivity contribution in [3.8, 4) is 22.8 Å². The lowest BCUT2D eigenvalue weighted by Gasteiger charge is -2.29. The Morgan fingerprint density at radius 3 is 2.63 bits per heavy atom. The first-order valence-electron chi connectivity index (χ1n) is 15.0. The lowest BCUT2D eigenvalue weighted by Crippen LogP contribution is -2.40. The predicted octanol–water partition coefficient (Wildman–Crippen LogP) is 6.77. The Labute approximate surface area is 256 Å². The molecule has 7 nitrogen and oxygen atoms in total. The highest BCUT2D eigenvalue weighted by Gasteiger charge is 2.39. The van der Waals surface area contributed by atoms with E-state index >= 15 is 4.39 Å². The van der Waals surface area contributed by atoms with E-state index in [0.717, 1.165) is 65.4 Å². The molecule has 2 aromatic carbocycles. The second-order valence-corrected chi connectivity index (χ2v) is 14.7. The Hall–Kier alpha value is -3.14. The SMILES string of the molecule is COc1cc(-c2ccc([C@H]3CCc4ccc([C@H](C5CC5)[C@H](C)C(=O)O)cc4O3)cc2CCN[S+]([O-])C(C)(C)C)c(F)cn1. The molecular weight excluding hydrogens is 567 g/mol. The highest BCUT2D eigenvalue weighted by molar-refractivity contribution is 7.90. The zero-order valence-electron chi connectivity index (χ0n) is 25.5. The van der Waals surface area contributed by atoms with Crippen LogP contribution in [0.4, 0.5) is 4.39 Å². The van der Waals surface area contributed by atoms with Crippen LogP contribution in [-0.4, -0.2) is 39.0 Å². The van der Waals surface area contributed by atoms with Crippen molar-refractivity contribution in [2.75, 3.05) is 13.7 Å². The van der Waals surface area contributed by atoms with Crippen LogP contribution in [0.3, 0.4) is 0 Å². The monoisotopic (exact) mass is 608 g/mol. The van der Waals surface area contributed by atoms with E-state index in [1.54, 1.807) is 13.0 Å². The summed E-state index contributed by atoms with van der Waals surface area (Å²) in [6.45, 7) is 8.00. The Balaban J connectivity index is 1.44. The van der Waals surface area contributed by atoms with E-state index in [-0.39, 0.29) is 12.0 Å². The molecule has 3 aromatic rings. The smallest absolute Gasteiger partial charge is 0.306 e. The number of aromatic nitrogens is 1. The second kappa shape index (κ2) is 12.8. The van der Waals surface area contributed by atoms with Gasteiger partial charge >= 0.3 is 5.97 Å². The third kappa shape index (κ3) is 7.16. The molecule has 2 aliphatic rings. The fraction of sp³-hybridized carbons (Fsp3) is 0.471. The van der Waals surface area contributed by atoms with Gasteiger partial charge < -0.3 is 19.1 Å². The van der Waals surface area contributed by atoms with Crippen LogP contribution < -0.4 is 14.2 Å². The zero-order chi connectivity index (χ0) is 30.9. The number of hydrogen-bond acceptors (Lipinski definition) is 6. The molecule has 1 fully saturated rings. The van der Waals surface area contributed by atoms with Gasteiger partial charge in [-0.1, -0.05) is 37.3 Å². The molecule has 0 amide bonds. The largest absolute Gasteiger partial charge is 0.598 e. The first-order chi connectivity index (χ1) is 20.5. The number of nitrogens with zero attached hydrogens (tertiary/aromatic N) is 1. The molecule has 1 aromatic heterocycles. The summed E-state index contributed by atoms with van der Waals surface area (Å²) in [6.07, 6.45) is 5.21. The van der Waals surface area contributed by atoms with Crippen LogP contribution in [0.25, 0.3) is 11.1 Å². The van der Waals surface area contributed by atoms with Crippen LogP contribution in [0.5, 0.6) is 11.6 Å². The Kier molecular flexibility index (Phi) is 9.34. The molecule has 0 saturated heterocycles. The fourth-order valence-electron chi connectivity index (χ4n) is 5.92. The van der Waals surface area contributed by atoms with Crippen LogP contribution in [0.15, 0.2) is 48.7 Å². The van der Waals surface area contributed by atoms with Crippen molar-refractivity contribution >= 4 is 17.3 Å². The van der Waals surface area contributed by atoms with Crippen LogP contribution in [0, 0.1) is 17.7 Å². The van der Waals surface area contributed by atoms with Gasteiger partial charge in [0.1, 0.15) is 22.4 Å². The number of methoxy groups -OCH3 is 1. The van der Waals surface area contributed by atoms with E-state index in [9.17, 15) is 14.5 Å². The van der Waals surface area contributed by atoms with E-state index in [4.69, 9.17) is 9.47 Å². The molecule has 2 N–H and O–H groups in total.